The van der Waals surface area contributed by atoms with Crippen LogP contribution in [0.4, 0.5) is 5.69 Å². The van der Waals surface area contributed by atoms with Gasteiger partial charge in [-0.2, -0.15) is 0 Å². The van der Waals surface area contributed by atoms with Gasteiger partial charge in [0.25, 0.3) is 0 Å². The number of rotatable bonds is 9. The number of nitrogens with zero attached hydrogens (tertiary/aromatic N) is 1. The van der Waals surface area contributed by atoms with E-state index in [4.69, 9.17) is 14.2 Å². The number of carbonyl (C=O) groups is 2. The molecule has 2 aliphatic rings. The molecule has 34 heavy (non-hydrogen) atoms. The summed E-state index contributed by atoms with van der Waals surface area (Å²) in [5, 5.41) is 13.2. The molecule has 182 valence electrons. The quantitative estimate of drug-likeness (QED) is 0.581. The molecule has 2 heterocycles. The minimum Gasteiger partial charge on any atom is -0.497 e. The van der Waals surface area contributed by atoms with Crippen LogP contribution >= 0.6 is 0 Å². The van der Waals surface area contributed by atoms with Crippen molar-refractivity contribution in [2.45, 2.75) is 37.6 Å². The van der Waals surface area contributed by atoms with Crippen molar-refractivity contribution >= 4 is 17.6 Å². The summed E-state index contributed by atoms with van der Waals surface area (Å²) in [7, 11) is 3.23. The van der Waals surface area contributed by atoms with E-state index in [0.29, 0.717) is 56.9 Å². The van der Waals surface area contributed by atoms with Gasteiger partial charge in [-0.05, 0) is 53.8 Å². The summed E-state index contributed by atoms with van der Waals surface area (Å²) in [6.07, 6.45) is 2.94. The van der Waals surface area contributed by atoms with Crippen LogP contribution in [0.15, 0.2) is 36.4 Å². The van der Waals surface area contributed by atoms with Crippen LogP contribution < -0.4 is 14.8 Å². The minimum absolute atomic E-state index is 0.186. The van der Waals surface area contributed by atoms with Gasteiger partial charge < -0.3 is 29.5 Å². The number of aliphatic carboxylic acids is 1. The maximum absolute atomic E-state index is 12.2. The van der Waals surface area contributed by atoms with Crippen molar-refractivity contribution in [2.75, 3.05) is 45.8 Å². The summed E-state index contributed by atoms with van der Waals surface area (Å²) < 4.78 is 16.3. The predicted molar refractivity (Wildman–Crippen MR) is 129 cm³/mol. The van der Waals surface area contributed by atoms with Gasteiger partial charge in [0.1, 0.15) is 17.0 Å². The van der Waals surface area contributed by atoms with Crippen molar-refractivity contribution in [1.82, 2.24) is 4.90 Å². The fourth-order valence-electron chi connectivity index (χ4n) is 4.71. The van der Waals surface area contributed by atoms with E-state index < -0.39 is 11.5 Å². The molecular formula is C26H32N2O6. The molecule has 2 fully saturated rings. The van der Waals surface area contributed by atoms with Crippen molar-refractivity contribution in [1.29, 1.82) is 0 Å². The lowest BCUT2D eigenvalue weighted by atomic mass is 9.89. The highest BCUT2D eigenvalue weighted by Crippen LogP contribution is 2.35. The number of hydrogen-bond donors (Lipinski definition) is 2. The lowest BCUT2D eigenvalue weighted by Gasteiger charge is -2.35. The van der Waals surface area contributed by atoms with Gasteiger partial charge >= 0.3 is 5.97 Å². The van der Waals surface area contributed by atoms with Crippen LogP contribution in [-0.4, -0.2) is 67.9 Å². The van der Waals surface area contributed by atoms with Crippen molar-refractivity contribution in [3.8, 4) is 22.6 Å². The Kier molecular flexibility index (Phi) is 7.26. The Morgan fingerprint density at radius 2 is 1.82 bits per heavy atom. The zero-order valence-electron chi connectivity index (χ0n) is 19.8. The fourth-order valence-corrected chi connectivity index (χ4v) is 4.71. The highest BCUT2D eigenvalue weighted by atomic mass is 16.5. The van der Waals surface area contributed by atoms with Gasteiger partial charge in [0.15, 0.2) is 0 Å². The largest absolute Gasteiger partial charge is 0.497 e. The fraction of sp³-hybridized carbons (Fsp3) is 0.462. The number of anilines is 1. The van der Waals surface area contributed by atoms with E-state index in [2.05, 4.69) is 5.32 Å². The third-order valence-corrected chi connectivity index (χ3v) is 6.73. The van der Waals surface area contributed by atoms with Crippen LogP contribution in [0.3, 0.4) is 0 Å². The van der Waals surface area contributed by atoms with Gasteiger partial charge in [0, 0.05) is 57.3 Å². The molecule has 8 nitrogen and oxygen atoms in total. The first-order chi connectivity index (χ1) is 16.4. The summed E-state index contributed by atoms with van der Waals surface area (Å²) in [4.78, 5) is 26.2. The highest BCUT2D eigenvalue weighted by Gasteiger charge is 2.40. The summed E-state index contributed by atoms with van der Waals surface area (Å²) in [6.45, 7) is 2.21. The number of amides is 1. The number of nitrogens with one attached hydrogen (secondary N) is 1. The number of ether oxygens (including phenoxy) is 3. The third kappa shape index (κ3) is 5.12. The highest BCUT2D eigenvalue weighted by molar-refractivity contribution is 5.84. The van der Waals surface area contributed by atoms with Crippen LogP contribution in [-0.2, 0) is 20.7 Å². The van der Waals surface area contributed by atoms with Crippen molar-refractivity contribution in [3.63, 3.8) is 0 Å². The van der Waals surface area contributed by atoms with Gasteiger partial charge in [-0.1, -0.05) is 6.07 Å². The topological polar surface area (TPSA) is 97.3 Å². The van der Waals surface area contributed by atoms with E-state index in [0.717, 1.165) is 35.3 Å². The second kappa shape index (κ2) is 10.3. The number of carboxylic acids is 1. The van der Waals surface area contributed by atoms with E-state index in [9.17, 15) is 14.7 Å². The van der Waals surface area contributed by atoms with E-state index >= 15 is 0 Å². The molecule has 0 unspecified atom stereocenters. The number of carboxylic acid groups (broad SMARTS) is 1. The molecule has 0 bridgehead atoms. The first-order valence-corrected chi connectivity index (χ1v) is 11.7. The molecule has 2 N–H and O–H groups in total. The molecule has 1 amide bonds. The van der Waals surface area contributed by atoms with Crippen LogP contribution in [0.2, 0.25) is 0 Å². The Balaban J connectivity index is 1.69. The third-order valence-electron chi connectivity index (χ3n) is 6.73. The van der Waals surface area contributed by atoms with Crippen LogP contribution in [0.1, 0.15) is 31.2 Å². The SMILES string of the molecule is COc1cc(OC)cc(-c2ccc(NC3(C(=O)O)CCOCC3)cc2CCN2CCCC2=O)c1. The molecule has 4 rings (SSSR count). The van der Waals surface area contributed by atoms with Crippen molar-refractivity contribution in [2.24, 2.45) is 0 Å². The smallest absolute Gasteiger partial charge is 0.329 e. The van der Waals surface area contributed by atoms with Crippen LogP contribution in [0.25, 0.3) is 11.1 Å². The summed E-state index contributed by atoms with van der Waals surface area (Å²) >= 11 is 0. The molecule has 0 saturated carbocycles. The monoisotopic (exact) mass is 468 g/mol. The minimum atomic E-state index is -1.05. The lowest BCUT2D eigenvalue weighted by Crippen LogP contribution is -2.50. The van der Waals surface area contributed by atoms with Crippen LogP contribution in [0.5, 0.6) is 11.5 Å². The Morgan fingerprint density at radius 1 is 1.12 bits per heavy atom. The van der Waals surface area contributed by atoms with E-state index in [-0.39, 0.29) is 5.91 Å². The zero-order chi connectivity index (χ0) is 24.1. The average molecular weight is 469 g/mol. The summed E-state index contributed by atoms with van der Waals surface area (Å²) in [6, 6.07) is 11.6. The van der Waals surface area contributed by atoms with Gasteiger partial charge in [0.05, 0.1) is 14.2 Å². The maximum atomic E-state index is 12.2. The second-order valence-corrected chi connectivity index (χ2v) is 8.83. The molecule has 2 aromatic rings. The molecule has 0 aromatic heterocycles. The Labute approximate surface area is 199 Å². The van der Waals surface area contributed by atoms with E-state index in [1.54, 1.807) is 14.2 Å². The summed E-state index contributed by atoms with van der Waals surface area (Å²) in [5.74, 6) is 0.682. The number of hydrogen-bond acceptors (Lipinski definition) is 6. The average Bonchev–Trinajstić information content (AvgIpc) is 3.27. The molecule has 2 aliphatic heterocycles. The lowest BCUT2D eigenvalue weighted by molar-refractivity contribution is -0.145. The molecular weight excluding hydrogens is 436 g/mol. The number of likely N-dealkylation sites (tertiary alicyclic amines) is 1. The van der Waals surface area contributed by atoms with Gasteiger partial charge in [0.2, 0.25) is 5.91 Å². The number of carbonyl (C=O) groups excluding carboxylic acids is 1. The molecule has 2 saturated heterocycles. The van der Waals surface area contributed by atoms with Crippen molar-refractivity contribution in [3.05, 3.63) is 42.0 Å². The first kappa shape index (κ1) is 23.9. The summed E-state index contributed by atoms with van der Waals surface area (Å²) in [5.41, 5.74) is 2.63. The van der Waals surface area contributed by atoms with E-state index in [1.807, 2.05) is 41.3 Å². The maximum Gasteiger partial charge on any atom is 0.329 e. The number of benzene rings is 2. The zero-order valence-corrected chi connectivity index (χ0v) is 19.8. The normalized spacial score (nSPS) is 17.5. The standard InChI is InChI=1S/C26H32N2O6/c1-32-21-15-19(16-22(17-21)33-2)23-6-5-20(27-26(25(30)31)8-12-34-13-9-26)14-18(23)7-11-28-10-3-4-24(28)29/h5-6,14-17,27H,3-4,7-13H2,1-2H3,(H,30,31). The van der Waals surface area contributed by atoms with Crippen LogP contribution in [0, 0.1) is 0 Å². The molecule has 8 heteroatoms. The van der Waals surface area contributed by atoms with Gasteiger partial charge in [-0.15, -0.1) is 0 Å². The van der Waals surface area contributed by atoms with Crippen molar-refractivity contribution < 1.29 is 28.9 Å². The van der Waals surface area contributed by atoms with Gasteiger partial charge in [-0.25, -0.2) is 4.79 Å². The molecule has 2 aromatic carbocycles. The van der Waals surface area contributed by atoms with E-state index in [1.165, 1.54) is 0 Å². The molecule has 0 spiro atoms. The second-order valence-electron chi connectivity index (χ2n) is 8.83. The molecule has 0 radical (unpaired) electrons. The Bertz CT molecular complexity index is 1030. The number of methoxy groups -OCH3 is 2. The Morgan fingerprint density at radius 3 is 2.41 bits per heavy atom. The Hall–Kier alpha value is -3.26. The molecule has 0 atom stereocenters. The molecule has 0 aliphatic carbocycles. The predicted octanol–water partition coefficient (Wildman–Crippen LogP) is 3.58. The first-order valence-electron chi connectivity index (χ1n) is 11.7. The van der Waals surface area contributed by atoms with Gasteiger partial charge in [-0.3, -0.25) is 4.79 Å².